The average molecular weight is 208 g/mol. The second-order valence-corrected chi connectivity index (χ2v) is 4.07. The van der Waals surface area contributed by atoms with Gasteiger partial charge >= 0.3 is 0 Å². The number of piperazine rings is 1. The van der Waals surface area contributed by atoms with Crippen molar-refractivity contribution in [2.24, 2.45) is 0 Å². The molecule has 1 aromatic carbocycles. The van der Waals surface area contributed by atoms with E-state index in [4.69, 9.17) is 0 Å². The Morgan fingerprint density at radius 3 is 2.87 bits per heavy atom. The standard InChI is InChI=1S/C12H17FN2/c1-10-12(13)15(8-7-14-10)9-11-5-3-2-4-6-11/h2-6,10,12,14H,7-9H2,1H3. The summed E-state index contributed by atoms with van der Waals surface area (Å²) in [5, 5.41) is 3.13. The Morgan fingerprint density at radius 2 is 2.13 bits per heavy atom. The van der Waals surface area contributed by atoms with E-state index in [0.717, 1.165) is 13.1 Å². The number of nitrogens with zero attached hydrogens (tertiary/aromatic N) is 1. The Hall–Kier alpha value is -0.930. The highest BCUT2D eigenvalue weighted by Gasteiger charge is 2.27. The Kier molecular flexibility index (Phi) is 3.34. The predicted molar refractivity (Wildman–Crippen MR) is 59.2 cm³/mol. The maximum Gasteiger partial charge on any atom is 0.169 e. The molecule has 1 aliphatic rings. The van der Waals surface area contributed by atoms with Crippen molar-refractivity contribution in [3.63, 3.8) is 0 Å². The van der Waals surface area contributed by atoms with Crippen molar-refractivity contribution >= 4 is 0 Å². The summed E-state index contributed by atoms with van der Waals surface area (Å²) in [6, 6.07) is 9.99. The van der Waals surface area contributed by atoms with E-state index in [1.165, 1.54) is 5.56 Å². The highest BCUT2D eigenvalue weighted by molar-refractivity contribution is 5.14. The molecular formula is C12H17FN2. The molecule has 1 saturated heterocycles. The third-order valence-electron chi connectivity index (χ3n) is 2.86. The van der Waals surface area contributed by atoms with Gasteiger partial charge in [-0.15, -0.1) is 0 Å². The molecule has 0 aliphatic carbocycles. The van der Waals surface area contributed by atoms with Crippen molar-refractivity contribution in [1.82, 2.24) is 10.2 Å². The van der Waals surface area contributed by atoms with Crippen LogP contribution in [0.4, 0.5) is 4.39 Å². The second-order valence-electron chi connectivity index (χ2n) is 4.07. The van der Waals surface area contributed by atoms with Crippen molar-refractivity contribution < 1.29 is 4.39 Å². The van der Waals surface area contributed by atoms with Crippen molar-refractivity contribution in [2.45, 2.75) is 25.8 Å². The van der Waals surface area contributed by atoms with Crippen LogP contribution in [0.25, 0.3) is 0 Å². The van der Waals surface area contributed by atoms with Crippen LogP contribution in [0.2, 0.25) is 0 Å². The first-order chi connectivity index (χ1) is 7.27. The minimum absolute atomic E-state index is 0.0672. The topological polar surface area (TPSA) is 15.3 Å². The smallest absolute Gasteiger partial charge is 0.169 e. The quantitative estimate of drug-likeness (QED) is 0.745. The summed E-state index contributed by atoms with van der Waals surface area (Å²) in [4.78, 5) is 1.89. The largest absolute Gasteiger partial charge is 0.309 e. The molecule has 0 spiro atoms. The lowest BCUT2D eigenvalue weighted by molar-refractivity contribution is 0.0212. The summed E-state index contributed by atoms with van der Waals surface area (Å²) in [6.45, 7) is 4.24. The van der Waals surface area contributed by atoms with E-state index in [1.807, 2.05) is 42.2 Å². The van der Waals surface area contributed by atoms with E-state index in [0.29, 0.717) is 6.54 Å². The lowest BCUT2D eigenvalue weighted by atomic mass is 10.1. The molecule has 0 bridgehead atoms. The van der Waals surface area contributed by atoms with Crippen LogP contribution in [0.3, 0.4) is 0 Å². The fraction of sp³-hybridized carbons (Fsp3) is 0.500. The zero-order valence-electron chi connectivity index (χ0n) is 8.99. The number of benzene rings is 1. The minimum Gasteiger partial charge on any atom is -0.309 e. The minimum atomic E-state index is -0.876. The van der Waals surface area contributed by atoms with E-state index in [1.54, 1.807) is 0 Å². The van der Waals surface area contributed by atoms with Crippen LogP contribution in [0, 0.1) is 0 Å². The molecule has 2 nitrogen and oxygen atoms in total. The summed E-state index contributed by atoms with van der Waals surface area (Å²) in [5.41, 5.74) is 1.18. The molecule has 0 radical (unpaired) electrons. The van der Waals surface area contributed by atoms with Crippen LogP contribution in [-0.4, -0.2) is 30.3 Å². The van der Waals surface area contributed by atoms with Gasteiger partial charge in [-0.25, -0.2) is 4.39 Å². The molecule has 0 aromatic heterocycles. The fourth-order valence-electron chi connectivity index (χ4n) is 1.96. The van der Waals surface area contributed by atoms with E-state index < -0.39 is 6.30 Å². The molecule has 1 aromatic rings. The highest BCUT2D eigenvalue weighted by Crippen LogP contribution is 2.14. The van der Waals surface area contributed by atoms with Crippen molar-refractivity contribution in [1.29, 1.82) is 0 Å². The molecule has 1 aliphatic heterocycles. The van der Waals surface area contributed by atoms with E-state index in [2.05, 4.69) is 5.32 Å². The molecule has 1 heterocycles. The summed E-state index contributed by atoms with van der Waals surface area (Å²) >= 11 is 0. The van der Waals surface area contributed by atoms with Crippen LogP contribution < -0.4 is 5.32 Å². The first-order valence-corrected chi connectivity index (χ1v) is 5.43. The van der Waals surface area contributed by atoms with Crippen molar-refractivity contribution in [3.05, 3.63) is 35.9 Å². The lowest BCUT2D eigenvalue weighted by Crippen LogP contribution is -2.54. The van der Waals surface area contributed by atoms with Crippen LogP contribution >= 0.6 is 0 Å². The van der Waals surface area contributed by atoms with Gasteiger partial charge in [0.15, 0.2) is 6.30 Å². The molecule has 0 amide bonds. The summed E-state index contributed by atoms with van der Waals surface area (Å²) < 4.78 is 13.8. The molecule has 0 saturated carbocycles. The average Bonchev–Trinajstić information content (AvgIpc) is 2.26. The number of nitrogens with one attached hydrogen (secondary N) is 1. The van der Waals surface area contributed by atoms with Gasteiger partial charge in [0.25, 0.3) is 0 Å². The van der Waals surface area contributed by atoms with Crippen LogP contribution in [0.5, 0.6) is 0 Å². The van der Waals surface area contributed by atoms with Gasteiger partial charge in [-0.1, -0.05) is 30.3 Å². The second kappa shape index (κ2) is 4.73. The van der Waals surface area contributed by atoms with Crippen molar-refractivity contribution in [3.8, 4) is 0 Å². The SMILES string of the molecule is CC1NCCN(Cc2ccccc2)C1F. The zero-order valence-corrected chi connectivity index (χ0v) is 8.99. The van der Waals surface area contributed by atoms with E-state index >= 15 is 0 Å². The van der Waals surface area contributed by atoms with Gasteiger partial charge in [-0.05, 0) is 12.5 Å². The molecule has 2 atom stereocenters. The number of halogens is 1. The van der Waals surface area contributed by atoms with Gasteiger partial charge < -0.3 is 5.32 Å². The van der Waals surface area contributed by atoms with Crippen LogP contribution in [0.15, 0.2) is 30.3 Å². The van der Waals surface area contributed by atoms with Crippen molar-refractivity contribution in [2.75, 3.05) is 13.1 Å². The fourth-order valence-corrected chi connectivity index (χ4v) is 1.96. The summed E-state index contributed by atoms with van der Waals surface area (Å²) in [5.74, 6) is 0. The molecular weight excluding hydrogens is 191 g/mol. The normalized spacial score (nSPS) is 27.9. The Bertz CT molecular complexity index is 302. The maximum absolute atomic E-state index is 13.8. The maximum atomic E-state index is 13.8. The Morgan fingerprint density at radius 1 is 1.40 bits per heavy atom. The monoisotopic (exact) mass is 208 g/mol. The number of hydrogen-bond acceptors (Lipinski definition) is 2. The lowest BCUT2D eigenvalue weighted by Gasteiger charge is -2.35. The van der Waals surface area contributed by atoms with Gasteiger partial charge in [-0.2, -0.15) is 0 Å². The third-order valence-corrected chi connectivity index (χ3v) is 2.86. The molecule has 15 heavy (non-hydrogen) atoms. The van der Waals surface area contributed by atoms with Gasteiger partial charge in [0.2, 0.25) is 0 Å². The molecule has 2 unspecified atom stereocenters. The zero-order chi connectivity index (χ0) is 10.7. The summed E-state index contributed by atoms with van der Waals surface area (Å²) in [6.07, 6.45) is -0.876. The Labute approximate surface area is 90.1 Å². The first-order valence-electron chi connectivity index (χ1n) is 5.43. The molecule has 2 rings (SSSR count). The van der Waals surface area contributed by atoms with Gasteiger partial charge in [0, 0.05) is 25.7 Å². The number of alkyl halides is 1. The molecule has 82 valence electrons. The molecule has 3 heteroatoms. The Balaban J connectivity index is 1.99. The highest BCUT2D eigenvalue weighted by atomic mass is 19.1. The van der Waals surface area contributed by atoms with Gasteiger partial charge in [-0.3, -0.25) is 4.90 Å². The predicted octanol–water partition coefficient (Wildman–Crippen LogP) is 1.78. The number of rotatable bonds is 2. The van der Waals surface area contributed by atoms with E-state index in [-0.39, 0.29) is 6.04 Å². The third kappa shape index (κ3) is 2.55. The molecule has 1 fully saturated rings. The first kappa shape index (κ1) is 10.6. The number of hydrogen-bond donors (Lipinski definition) is 1. The van der Waals surface area contributed by atoms with Crippen LogP contribution in [0.1, 0.15) is 12.5 Å². The van der Waals surface area contributed by atoms with Gasteiger partial charge in [0.1, 0.15) is 0 Å². The molecule has 1 N–H and O–H groups in total. The van der Waals surface area contributed by atoms with E-state index in [9.17, 15) is 4.39 Å². The van der Waals surface area contributed by atoms with Gasteiger partial charge in [0.05, 0.1) is 0 Å². The summed E-state index contributed by atoms with van der Waals surface area (Å²) in [7, 11) is 0. The van der Waals surface area contributed by atoms with Crippen LogP contribution in [-0.2, 0) is 6.54 Å².